The van der Waals surface area contributed by atoms with Gasteiger partial charge >= 0.3 is 0 Å². The SMILES string of the molecule is COCc1ccccc1CNCC(C)(O)CC(C)C. The average Bonchev–Trinajstić information content (AvgIpc) is 2.29. The zero-order valence-corrected chi connectivity index (χ0v) is 12.6. The molecule has 1 aromatic rings. The van der Waals surface area contributed by atoms with Gasteiger partial charge in [0.15, 0.2) is 0 Å². The van der Waals surface area contributed by atoms with E-state index >= 15 is 0 Å². The van der Waals surface area contributed by atoms with Crippen LogP contribution in [0.3, 0.4) is 0 Å². The molecule has 0 heterocycles. The number of methoxy groups -OCH3 is 1. The quantitative estimate of drug-likeness (QED) is 0.759. The third kappa shape index (κ3) is 6.19. The van der Waals surface area contributed by atoms with Crippen LogP contribution in [-0.4, -0.2) is 24.4 Å². The van der Waals surface area contributed by atoms with Gasteiger partial charge in [0, 0.05) is 20.2 Å². The Morgan fingerprint density at radius 1 is 1.26 bits per heavy atom. The molecule has 108 valence electrons. The van der Waals surface area contributed by atoms with Gasteiger partial charge in [-0.2, -0.15) is 0 Å². The van der Waals surface area contributed by atoms with Crippen molar-refractivity contribution < 1.29 is 9.84 Å². The number of ether oxygens (including phenoxy) is 1. The zero-order valence-electron chi connectivity index (χ0n) is 12.6. The summed E-state index contributed by atoms with van der Waals surface area (Å²) in [5, 5.41) is 13.6. The minimum Gasteiger partial charge on any atom is -0.389 e. The van der Waals surface area contributed by atoms with Crippen molar-refractivity contribution in [2.45, 2.75) is 45.9 Å². The monoisotopic (exact) mass is 265 g/mol. The van der Waals surface area contributed by atoms with E-state index in [9.17, 15) is 5.11 Å². The Balaban J connectivity index is 2.49. The van der Waals surface area contributed by atoms with Gasteiger partial charge in [-0.15, -0.1) is 0 Å². The number of hydrogen-bond donors (Lipinski definition) is 2. The normalized spacial score (nSPS) is 14.6. The third-order valence-corrected chi connectivity index (χ3v) is 3.09. The summed E-state index contributed by atoms with van der Waals surface area (Å²) in [6.07, 6.45) is 0.805. The van der Waals surface area contributed by atoms with Crippen molar-refractivity contribution in [1.29, 1.82) is 0 Å². The summed E-state index contributed by atoms with van der Waals surface area (Å²) >= 11 is 0. The maximum Gasteiger partial charge on any atom is 0.0746 e. The van der Waals surface area contributed by atoms with Gasteiger partial charge in [0.05, 0.1) is 12.2 Å². The van der Waals surface area contributed by atoms with Crippen LogP contribution < -0.4 is 5.32 Å². The van der Waals surface area contributed by atoms with Crippen molar-refractivity contribution >= 4 is 0 Å². The van der Waals surface area contributed by atoms with Crippen molar-refractivity contribution in [3.8, 4) is 0 Å². The minimum absolute atomic E-state index is 0.498. The molecule has 0 radical (unpaired) electrons. The van der Waals surface area contributed by atoms with E-state index < -0.39 is 5.60 Å². The standard InChI is InChI=1S/C16H27NO2/c1-13(2)9-16(3,18)12-17-10-14-7-5-6-8-15(14)11-19-4/h5-8,13,17-18H,9-12H2,1-4H3. The maximum absolute atomic E-state index is 10.2. The van der Waals surface area contributed by atoms with E-state index in [1.54, 1.807) is 7.11 Å². The molecule has 1 unspecified atom stereocenters. The van der Waals surface area contributed by atoms with Crippen molar-refractivity contribution in [2.24, 2.45) is 5.92 Å². The van der Waals surface area contributed by atoms with E-state index in [1.807, 2.05) is 19.1 Å². The van der Waals surface area contributed by atoms with E-state index in [2.05, 4.69) is 31.3 Å². The largest absolute Gasteiger partial charge is 0.389 e. The first-order valence-corrected chi connectivity index (χ1v) is 6.93. The number of hydrogen-bond acceptors (Lipinski definition) is 3. The van der Waals surface area contributed by atoms with Crippen LogP contribution in [0, 0.1) is 5.92 Å². The second kappa shape index (κ2) is 7.63. The molecule has 19 heavy (non-hydrogen) atoms. The van der Waals surface area contributed by atoms with Gasteiger partial charge in [-0.05, 0) is 30.4 Å². The summed E-state index contributed by atoms with van der Waals surface area (Å²) < 4.78 is 5.19. The molecular formula is C16H27NO2. The van der Waals surface area contributed by atoms with Crippen LogP contribution in [-0.2, 0) is 17.9 Å². The van der Waals surface area contributed by atoms with E-state index in [4.69, 9.17) is 4.74 Å². The number of nitrogens with one attached hydrogen (secondary N) is 1. The topological polar surface area (TPSA) is 41.5 Å². The Labute approximate surface area is 117 Å². The highest BCUT2D eigenvalue weighted by molar-refractivity contribution is 5.26. The van der Waals surface area contributed by atoms with Crippen molar-refractivity contribution in [3.63, 3.8) is 0 Å². The molecule has 0 aliphatic carbocycles. The summed E-state index contributed by atoms with van der Waals surface area (Å²) in [4.78, 5) is 0. The van der Waals surface area contributed by atoms with Gasteiger partial charge in [-0.3, -0.25) is 0 Å². The Bertz CT molecular complexity index is 375. The van der Waals surface area contributed by atoms with Crippen LogP contribution in [0.5, 0.6) is 0 Å². The highest BCUT2D eigenvalue weighted by Gasteiger charge is 2.21. The number of benzene rings is 1. The molecular weight excluding hydrogens is 238 g/mol. The Hall–Kier alpha value is -0.900. The maximum atomic E-state index is 10.2. The second-order valence-corrected chi connectivity index (χ2v) is 5.90. The predicted octanol–water partition coefficient (Wildman–Crippen LogP) is 2.72. The molecule has 0 aliphatic heterocycles. The van der Waals surface area contributed by atoms with Gasteiger partial charge in [0.1, 0.15) is 0 Å². The molecule has 0 amide bonds. The van der Waals surface area contributed by atoms with Crippen LogP contribution in [0.4, 0.5) is 0 Å². The zero-order chi connectivity index (χ0) is 14.3. The van der Waals surface area contributed by atoms with Crippen LogP contribution in [0.15, 0.2) is 24.3 Å². The molecule has 0 bridgehead atoms. The fourth-order valence-electron chi connectivity index (χ4n) is 2.44. The van der Waals surface area contributed by atoms with Crippen LogP contribution in [0.2, 0.25) is 0 Å². The first kappa shape index (κ1) is 16.2. The van der Waals surface area contributed by atoms with Crippen LogP contribution in [0.25, 0.3) is 0 Å². The number of rotatable bonds is 8. The van der Waals surface area contributed by atoms with Gasteiger partial charge in [0.25, 0.3) is 0 Å². The predicted molar refractivity (Wildman–Crippen MR) is 78.9 cm³/mol. The lowest BCUT2D eigenvalue weighted by Gasteiger charge is -2.26. The summed E-state index contributed by atoms with van der Waals surface area (Å²) in [7, 11) is 1.71. The number of aliphatic hydroxyl groups is 1. The molecule has 0 fully saturated rings. The van der Waals surface area contributed by atoms with Crippen molar-refractivity contribution in [3.05, 3.63) is 35.4 Å². The Morgan fingerprint density at radius 2 is 1.89 bits per heavy atom. The van der Waals surface area contributed by atoms with E-state index in [0.717, 1.165) is 13.0 Å². The van der Waals surface area contributed by atoms with E-state index in [1.165, 1.54) is 11.1 Å². The molecule has 0 aromatic heterocycles. The molecule has 0 saturated carbocycles. The Morgan fingerprint density at radius 3 is 2.47 bits per heavy atom. The molecule has 0 saturated heterocycles. The molecule has 0 aliphatic rings. The van der Waals surface area contributed by atoms with Gasteiger partial charge in [-0.1, -0.05) is 38.1 Å². The summed E-state index contributed by atoms with van der Waals surface area (Å²) in [5.41, 5.74) is 1.77. The molecule has 2 N–H and O–H groups in total. The van der Waals surface area contributed by atoms with Crippen LogP contribution >= 0.6 is 0 Å². The van der Waals surface area contributed by atoms with Crippen molar-refractivity contribution in [2.75, 3.05) is 13.7 Å². The minimum atomic E-state index is -0.648. The smallest absolute Gasteiger partial charge is 0.0746 e. The summed E-state index contributed by atoms with van der Waals surface area (Å²) in [6, 6.07) is 8.22. The molecule has 3 heteroatoms. The lowest BCUT2D eigenvalue weighted by atomic mass is 9.94. The fourth-order valence-corrected chi connectivity index (χ4v) is 2.44. The highest BCUT2D eigenvalue weighted by Crippen LogP contribution is 2.16. The molecule has 3 nitrogen and oxygen atoms in total. The highest BCUT2D eigenvalue weighted by atomic mass is 16.5. The average molecular weight is 265 g/mol. The Kier molecular flexibility index (Phi) is 6.49. The van der Waals surface area contributed by atoms with Gasteiger partial charge in [0.2, 0.25) is 0 Å². The summed E-state index contributed by atoms with van der Waals surface area (Å²) in [5.74, 6) is 0.498. The van der Waals surface area contributed by atoms with E-state index in [0.29, 0.717) is 19.1 Å². The molecule has 0 spiro atoms. The van der Waals surface area contributed by atoms with Crippen LogP contribution in [0.1, 0.15) is 38.3 Å². The van der Waals surface area contributed by atoms with Gasteiger partial charge in [-0.25, -0.2) is 0 Å². The first-order valence-electron chi connectivity index (χ1n) is 6.93. The third-order valence-electron chi connectivity index (χ3n) is 3.09. The van der Waals surface area contributed by atoms with Crippen molar-refractivity contribution in [1.82, 2.24) is 5.32 Å². The second-order valence-electron chi connectivity index (χ2n) is 5.90. The molecule has 1 atom stereocenters. The first-order chi connectivity index (χ1) is 8.94. The lowest BCUT2D eigenvalue weighted by Crippen LogP contribution is -2.38. The fraction of sp³-hybridized carbons (Fsp3) is 0.625. The molecule has 1 rings (SSSR count). The lowest BCUT2D eigenvalue weighted by molar-refractivity contribution is 0.0383. The molecule has 1 aromatic carbocycles. The van der Waals surface area contributed by atoms with E-state index in [-0.39, 0.29) is 0 Å². The van der Waals surface area contributed by atoms with Gasteiger partial charge < -0.3 is 15.2 Å². The summed E-state index contributed by atoms with van der Waals surface area (Å²) in [6.45, 7) is 8.13.